The maximum absolute atomic E-state index is 12.6. The van der Waals surface area contributed by atoms with Gasteiger partial charge in [0.05, 0.1) is 10.9 Å². The van der Waals surface area contributed by atoms with E-state index in [0.717, 1.165) is 31.2 Å². The van der Waals surface area contributed by atoms with E-state index in [-0.39, 0.29) is 16.8 Å². The van der Waals surface area contributed by atoms with Crippen LogP contribution in [0.4, 0.5) is 0 Å². The van der Waals surface area contributed by atoms with Gasteiger partial charge in [0.2, 0.25) is 10.0 Å². The Balaban J connectivity index is 1.73. The summed E-state index contributed by atoms with van der Waals surface area (Å²) in [4.78, 5) is 12.9. The van der Waals surface area contributed by atoms with Gasteiger partial charge in [-0.3, -0.25) is 4.79 Å². The van der Waals surface area contributed by atoms with Crippen LogP contribution in [0.25, 0.3) is 0 Å². The lowest BCUT2D eigenvalue weighted by Gasteiger charge is -2.19. The fourth-order valence-corrected chi connectivity index (χ4v) is 4.91. The van der Waals surface area contributed by atoms with Gasteiger partial charge < -0.3 is 5.32 Å². The molecule has 5 nitrogen and oxygen atoms in total. The maximum atomic E-state index is 12.6. The van der Waals surface area contributed by atoms with E-state index in [0.29, 0.717) is 18.7 Å². The minimum absolute atomic E-state index is 0.0586. The standard InChI is InChI=1S/C21H26N2O3S/c1-2-8-20(17-9-4-3-5-10-17)22-21(24)18-11-13-19(14-12-18)27(25,26)23-15-6-7-16-23/h3-5,9-14,20H,2,6-8,15-16H2,1H3,(H,22,24)/t20-/m0/s1. The van der Waals surface area contributed by atoms with Crippen molar-refractivity contribution in [1.29, 1.82) is 0 Å². The van der Waals surface area contributed by atoms with Crippen LogP contribution < -0.4 is 5.32 Å². The smallest absolute Gasteiger partial charge is 0.251 e. The highest BCUT2D eigenvalue weighted by molar-refractivity contribution is 7.89. The predicted octanol–water partition coefficient (Wildman–Crippen LogP) is 3.74. The highest BCUT2D eigenvalue weighted by Crippen LogP contribution is 2.22. The van der Waals surface area contributed by atoms with Gasteiger partial charge in [0.25, 0.3) is 5.91 Å². The predicted molar refractivity (Wildman–Crippen MR) is 106 cm³/mol. The second-order valence-electron chi connectivity index (χ2n) is 6.86. The third-order valence-electron chi connectivity index (χ3n) is 4.90. The van der Waals surface area contributed by atoms with Crippen LogP contribution in [0.15, 0.2) is 59.5 Å². The van der Waals surface area contributed by atoms with E-state index in [9.17, 15) is 13.2 Å². The van der Waals surface area contributed by atoms with E-state index in [1.165, 1.54) is 16.4 Å². The molecule has 1 heterocycles. The first-order chi connectivity index (χ1) is 13.0. The largest absolute Gasteiger partial charge is 0.345 e. The molecule has 0 saturated carbocycles. The maximum Gasteiger partial charge on any atom is 0.251 e. The SMILES string of the molecule is CCC[C@H](NC(=O)c1ccc(S(=O)(=O)N2CCCC2)cc1)c1ccccc1. The number of carbonyl (C=O) groups is 1. The Morgan fingerprint density at radius 1 is 1.04 bits per heavy atom. The number of hydrogen-bond acceptors (Lipinski definition) is 3. The zero-order valence-electron chi connectivity index (χ0n) is 15.6. The second-order valence-corrected chi connectivity index (χ2v) is 8.80. The Kier molecular flexibility index (Phi) is 6.29. The number of hydrogen-bond donors (Lipinski definition) is 1. The number of rotatable bonds is 7. The number of nitrogens with one attached hydrogen (secondary N) is 1. The molecule has 1 saturated heterocycles. The van der Waals surface area contributed by atoms with Crippen LogP contribution in [-0.4, -0.2) is 31.7 Å². The fourth-order valence-electron chi connectivity index (χ4n) is 3.39. The number of benzene rings is 2. The Labute approximate surface area is 161 Å². The van der Waals surface area contributed by atoms with Gasteiger partial charge in [-0.2, -0.15) is 4.31 Å². The molecule has 2 aromatic carbocycles. The molecule has 1 aliphatic rings. The second kappa shape index (κ2) is 8.67. The Morgan fingerprint density at radius 3 is 2.26 bits per heavy atom. The quantitative estimate of drug-likeness (QED) is 0.788. The van der Waals surface area contributed by atoms with Crippen molar-refractivity contribution in [2.75, 3.05) is 13.1 Å². The molecule has 1 amide bonds. The van der Waals surface area contributed by atoms with Crippen molar-refractivity contribution in [3.63, 3.8) is 0 Å². The summed E-state index contributed by atoms with van der Waals surface area (Å²) in [5, 5.41) is 3.07. The first kappa shape index (κ1) is 19.6. The lowest BCUT2D eigenvalue weighted by Crippen LogP contribution is -2.29. The van der Waals surface area contributed by atoms with Crippen LogP contribution in [0.3, 0.4) is 0 Å². The summed E-state index contributed by atoms with van der Waals surface area (Å²) >= 11 is 0. The van der Waals surface area contributed by atoms with Gasteiger partial charge in [-0.1, -0.05) is 43.7 Å². The monoisotopic (exact) mass is 386 g/mol. The molecule has 3 rings (SSSR count). The van der Waals surface area contributed by atoms with Gasteiger partial charge in [-0.05, 0) is 49.1 Å². The van der Waals surface area contributed by atoms with E-state index in [2.05, 4.69) is 12.2 Å². The van der Waals surface area contributed by atoms with Crippen molar-refractivity contribution in [2.45, 2.75) is 43.5 Å². The Hall–Kier alpha value is -2.18. The van der Waals surface area contributed by atoms with Crippen LogP contribution in [0, 0.1) is 0 Å². The third kappa shape index (κ3) is 4.57. The number of nitrogens with zero attached hydrogens (tertiary/aromatic N) is 1. The first-order valence-electron chi connectivity index (χ1n) is 9.48. The van der Waals surface area contributed by atoms with E-state index in [1.807, 2.05) is 30.3 Å². The van der Waals surface area contributed by atoms with Crippen molar-refractivity contribution in [2.24, 2.45) is 0 Å². The molecule has 2 aromatic rings. The molecule has 0 aromatic heterocycles. The summed E-state index contributed by atoms with van der Waals surface area (Å²) < 4.78 is 26.7. The van der Waals surface area contributed by atoms with Crippen molar-refractivity contribution in [3.8, 4) is 0 Å². The molecule has 27 heavy (non-hydrogen) atoms. The van der Waals surface area contributed by atoms with E-state index < -0.39 is 10.0 Å². The molecule has 0 radical (unpaired) electrons. The average molecular weight is 387 g/mol. The molecule has 1 aliphatic heterocycles. The molecule has 0 bridgehead atoms. The van der Waals surface area contributed by atoms with Gasteiger partial charge in [0.1, 0.15) is 0 Å². The van der Waals surface area contributed by atoms with Crippen LogP contribution in [0.2, 0.25) is 0 Å². The van der Waals surface area contributed by atoms with Crippen LogP contribution >= 0.6 is 0 Å². The fraction of sp³-hybridized carbons (Fsp3) is 0.381. The van der Waals surface area contributed by atoms with Gasteiger partial charge in [0.15, 0.2) is 0 Å². The molecule has 0 unspecified atom stereocenters. The highest BCUT2D eigenvalue weighted by Gasteiger charge is 2.27. The molecular formula is C21H26N2O3S. The summed E-state index contributed by atoms with van der Waals surface area (Å²) in [6, 6.07) is 16.1. The molecule has 6 heteroatoms. The average Bonchev–Trinajstić information content (AvgIpc) is 3.24. The van der Waals surface area contributed by atoms with Gasteiger partial charge >= 0.3 is 0 Å². The van der Waals surface area contributed by atoms with Gasteiger partial charge in [0, 0.05) is 18.7 Å². The molecular weight excluding hydrogens is 360 g/mol. The van der Waals surface area contributed by atoms with Crippen molar-refractivity contribution < 1.29 is 13.2 Å². The topological polar surface area (TPSA) is 66.5 Å². The summed E-state index contributed by atoms with van der Waals surface area (Å²) in [7, 11) is -3.45. The lowest BCUT2D eigenvalue weighted by atomic mass is 10.0. The zero-order chi connectivity index (χ0) is 19.3. The van der Waals surface area contributed by atoms with E-state index >= 15 is 0 Å². The van der Waals surface area contributed by atoms with Crippen LogP contribution in [-0.2, 0) is 10.0 Å². The van der Waals surface area contributed by atoms with Gasteiger partial charge in [-0.15, -0.1) is 0 Å². The van der Waals surface area contributed by atoms with Gasteiger partial charge in [-0.25, -0.2) is 8.42 Å². The zero-order valence-corrected chi connectivity index (χ0v) is 16.4. The third-order valence-corrected chi connectivity index (χ3v) is 6.82. The molecule has 1 fully saturated rings. The van der Waals surface area contributed by atoms with Crippen LogP contribution in [0.1, 0.15) is 54.6 Å². The summed E-state index contributed by atoms with van der Waals surface area (Å²) in [6.07, 6.45) is 3.60. The van der Waals surface area contributed by atoms with Crippen LogP contribution in [0.5, 0.6) is 0 Å². The summed E-state index contributed by atoms with van der Waals surface area (Å²) in [6.45, 7) is 3.22. The summed E-state index contributed by atoms with van der Waals surface area (Å²) in [5.41, 5.74) is 1.54. The normalized spacial score (nSPS) is 16.2. The first-order valence-corrected chi connectivity index (χ1v) is 10.9. The number of carbonyl (C=O) groups excluding carboxylic acids is 1. The van der Waals surface area contributed by atoms with Crippen molar-refractivity contribution >= 4 is 15.9 Å². The minimum Gasteiger partial charge on any atom is -0.345 e. The van der Waals surface area contributed by atoms with E-state index in [1.54, 1.807) is 12.1 Å². The summed E-state index contributed by atoms with van der Waals surface area (Å²) in [5.74, 6) is -0.192. The number of sulfonamides is 1. The molecule has 0 spiro atoms. The number of amides is 1. The van der Waals surface area contributed by atoms with E-state index in [4.69, 9.17) is 0 Å². The Morgan fingerprint density at radius 2 is 1.67 bits per heavy atom. The molecule has 0 aliphatic carbocycles. The highest BCUT2D eigenvalue weighted by atomic mass is 32.2. The lowest BCUT2D eigenvalue weighted by molar-refractivity contribution is 0.0934. The molecule has 1 N–H and O–H groups in total. The molecule has 144 valence electrons. The molecule has 1 atom stereocenters. The van der Waals surface area contributed by atoms with Crippen molar-refractivity contribution in [3.05, 3.63) is 65.7 Å². The van der Waals surface area contributed by atoms with Crippen molar-refractivity contribution in [1.82, 2.24) is 9.62 Å². The minimum atomic E-state index is -3.45. The Bertz CT molecular complexity index is 858.